The molecule has 0 radical (unpaired) electrons. The first-order valence-corrected chi connectivity index (χ1v) is 7.59. The molecule has 1 aromatic carbocycles. The highest BCUT2D eigenvalue weighted by Gasteiger charge is 2.31. The number of carbonyl (C=O) groups is 1. The summed E-state index contributed by atoms with van der Waals surface area (Å²) in [7, 11) is 0. The van der Waals surface area contributed by atoms with Crippen molar-refractivity contribution in [2.45, 2.75) is 51.4 Å². The maximum Gasteiger partial charge on any atom is 0.573 e. The summed E-state index contributed by atoms with van der Waals surface area (Å²) >= 11 is 0. The molecule has 7 heteroatoms. The summed E-state index contributed by atoms with van der Waals surface area (Å²) in [5.74, 6) is -0.389. The highest BCUT2D eigenvalue weighted by Crippen LogP contribution is 2.23. The second-order valence-electron chi connectivity index (χ2n) is 5.43. The number of carbonyl (C=O) groups excluding carboxylic acids is 1. The van der Waals surface area contributed by atoms with Crippen molar-refractivity contribution in [3.8, 4) is 5.75 Å². The van der Waals surface area contributed by atoms with Gasteiger partial charge in [0.25, 0.3) is 0 Å². The van der Waals surface area contributed by atoms with Crippen LogP contribution in [-0.2, 0) is 11.2 Å². The molecular formula is C16H23F3N2O2. The van der Waals surface area contributed by atoms with E-state index in [0.29, 0.717) is 13.0 Å². The Morgan fingerprint density at radius 1 is 1.17 bits per heavy atom. The molecule has 0 atom stereocenters. The number of benzene rings is 1. The first-order valence-electron chi connectivity index (χ1n) is 7.59. The Morgan fingerprint density at radius 2 is 1.74 bits per heavy atom. The fourth-order valence-electron chi connectivity index (χ4n) is 2.24. The van der Waals surface area contributed by atoms with Crippen LogP contribution < -0.4 is 15.8 Å². The monoisotopic (exact) mass is 332 g/mol. The van der Waals surface area contributed by atoms with Crippen molar-refractivity contribution < 1.29 is 22.7 Å². The van der Waals surface area contributed by atoms with Gasteiger partial charge in [-0.1, -0.05) is 26.0 Å². The molecule has 0 heterocycles. The van der Waals surface area contributed by atoms with Crippen LogP contribution in [-0.4, -0.2) is 24.4 Å². The largest absolute Gasteiger partial charge is 0.573 e. The van der Waals surface area contributed by atoms with Gasteiger partial charge in [0.15, 0.2) is 0 Å². The van der Waals surface area contributed by atoms with Crippen molar-refractivity contribution in [2.75, 3.05) is 6.54 Å². The van der Waals surface area contributed by atoms with Gasteiger partial charge < -0.3 is 15.8 Å². The van der Waals surface area contributed by atoms with Gasteiger partial charge in [-0.15, -0.1) is 13.2 Å². The number of alkyl halides is 3. The molecule has 0 aliphatic carbocycles. The summed E-state index contributed by atoms with van der Waals surface area (Å²) in [6.45, 7) is 4.31. The van der Waals surface area contributed by atoms with E-state index in [1.807, 2.05) is 13.8 Å². The second-order valence-corrected chi connectivity index (χ2v) is 5.43. The lowest BCUT2D eigenvalue weighted by Crippen LogP contribution is -2.52. The number of hydrogen-bond donors (Lipinski definition) is 2. The third-order valence-electron chi connectivity index (χ3n) is 3.95. The third kappa shape index (κ3) is 6.48. The summed E-state index contributed by atoms with van der Waals surface area (Å²) in [6.07, 6.45) is -2.52. The highest BCUT2D eigenvalue weighted by molar-refractivity contribution is 5.77. The Kier molecular flexibility index (Phi) is 6.87. The average Bonchev–Trinajstić information content (AvgIpc) is 2.50. The van der Waals surface area contributed by atoms with E-state index in [9.17, 15) is 18.0 Å². The van der Waals surface area contributed by atoms with E-state index in [0.717, 1.165) is 18.4 Å². The third-order valence-corrected chi connectivity index (χ3v) is 3.95. The molecule has 1 rings (SSSR count). The lowest BCUT2D eigenvalue weighted by molar-refractivity contribution is -0.274. The van der Waals surface area contributed by atoms with Crippen LogP contribution in [0.3, 0.4) is 0 Å². The molecule has 3 N–H and O–H groups in total. The minimum Gasteiger partial charge on any atom is -0.406 e. The van der Waals surface area contributed by atoms with Crippen molar-refractivity contribution in [3.05, 3.63) is 29.8 Å². The van der Waals surface area contributed by atoms with Crippen molar-refractivity contribution in [2.24, 2.45) is 5.73 Å². The van der Waals surface area contributed by atoms with E-state index in [-0.39, 0.29) is 23.6 Å². The molecule has 1 aromatic rings. The predicted molar refractivity (Wildman–Crippen MR) is 82.0 cm³/mol. The van der Waals surface area contributed by atoms with Crippen LogP contribution in [0, 0.1) is 0 Å². The zero-order valence-corrected chi connectivity index (χ0v) is 13.4. The molecule has 4 nitrogen and oxygen atoms in total. The first-order chi connectivity index (χ1) is 10.7. The number of halogens is 3. The SMILES string of the molecule is CCC(CC)(CN)NC(=O)CCc1ccc(OC(F)(F)F)cc1. The number of amides is 1. The quantitative estimate of drug-likeness (QED) is 0.769. The molecule has 130 valence electrons. The summed E-state index contributed by atoms with van der Waals surface area (Å²) in [5.41, 5.74) is 6.11. The summed E-state index contributed by atoms with van der Waals surface area (Å²) in [4.78, 5) is 12.0. The number of nitrogens with one attached hydrogen (secondary N) is 1. The van der Waals surface area contributed by atoms with Crippen LogP contribution in [0.15, 0.2) is 24.3 Å². The molecule has 23 heavy (non-hydrogen) atoms. The number of nitrogens with two attached hydrogens (primary N) is 1. The molecule has 0 aliphatic heterocycles. The summed E-state index contributed by atoms with van der Waals surface area (Å²) in [5, 5.41) is 2.95. The van der Waals surface area contributed by atoms with Gasteiger partial charge in [-0.05, 0) is 37.0 Å². The molecule has 1 amide bonds. The molecule has 0 saturated heterocycles. The molecule has 0 saturated carbocycles. The Labute approximate surface area is 134 Å². The highest BCUT2D eigenvalue weighted by atomic mass is 19.4. The maximum absolute atomic E-state index is 12.1. The number of ether oxygens (including phenoxy) is 1. The number of rotatable bonds is 8. The van der Waals surface area contributed by atoms with Crippen LogP contribution in [0.1, 0.15) is 38.7 Å². The Hall–Kier alpha value is -1.76. The minimum atomic E-state index is -4.70. The zero-order chi connectivity index (χ0) is 17.5. The summed E-state index contributed by atoms with van der Waals surface area (Å²) < 4.78 is 40.0. The van der Waals surface area contributed by atoms with Gasteiger partial charge in [0.2, 0.25) is 5.91 Å². The van der Waals surface area contributed by atoms with Crippen LogP contribution >= 0.6 is 0 Å². The molecule has 0 unspecified atom stereocenters. The average molecular weight is 332 g/mol. The molecule has 0 aliphatic rings. The molecule has 0 bridgehead atoms. The molecule has 0 fully saturated rings. The summed E-state index contributed by atoms with van der Waals surface area (Å²) in [6, 6.07) is 5.51. The Bertz CT molecular complexity index is 489. The second kappa shape index (κ2) is 8.19. The predicted octanol–water partition coefficient (Wildman–Crippen LogP) is 3.15. The first kappa shape index (κ1) is 19.3. The lowest BCUT2D eigenvalue weighted by atomic mass is 9.92. The van der Waals surface area contributed by atoms with Gasteiger partial charge in [0, 0.05) is 13.0 Å². The van der Waals surface area contributed by atoms with Crippen LogP contribution in [0.25, 0.3) is 0 Å². The van der Waals surface area contributed by atoms with Gasteiger partial charge in [-0.3, -0.25) is 4.79 Å². The smallest absolute Gasteiger partial charge is 0.406 e. The minimum absolute atomic E-state index is 0.116. The Morgan fingerprint density at radius 3 is 2.17 bits per heavy atom. The van der Waals surface area contributed by atoms with Gasteiger partial charge in [0.1, 0.15) is 5.75 Å². The van der Waals surface area contributed by atoms with E-state index < -0.39 is 6.36 Å². The van der Waals surface area contributed by atoms with Crippen molar-refractivity contribution >= 4 is 5.91 Å². The van der Waals surface area contributed by atoms with Gasteiger partial charge in [-0.25, -0.2) is 0 Å². The van der Waals surface area contributed by atoms with Gasteiger partial charge >= 0.3 is 6.36 Å². The fraction of sp³-hybridized carbons (Fsp3) is 0.562. The van der Waals surface area contributed by atoms with Crippen molar-refractivity contribution in [1.29, 1.82) is 0 Å². The van der Waals surface area contributed by atoms with E-state index >= 15 is 0 Å². The van der Waals surface area contributed by atoms with E-state index in [2.05, 4.69) is 10.1 Å². The molecule has 0 spiro atoms. The Balaban J connectivity index is 2.53. The fourth-order valence-corrected chi connectivity index (χ4v) is 2.24. The topological polar surface area (TPSA) is 64.3 Å². The zero-order valence-electron chi connectivity index (χ0n) is 13.4. The normalized spacial score (nSPS) is 12.1. The van der Waals surface area contributed by atoms with Gasteiger partial charge in [0.05, 0.1) is 5.54 Å². The lowest BCUT2D eigenvalue weighted by Gasteiger charge is -2.31. The number of hydrogen-bond acceptors (Lipinski definition) is 3. The standard InChI is InChI=1S/C16H23F3N2O2/c1-3-15(4-2,11-20)21-14(22)10-7-12-5-8-13(9-6-12)23-16(17,18)19/h5-6,8-9H,3-4,7,10-11,20H2,1-2H3,(H,21,22). The van der Waals surface area contributed by atoms with Crippen molar-refractivity contribution in [3.63, 3.8) is 0 Å². The van der Waals surface area contributed by atoms with Crippen LogP contribution in [0.5, 0.6) is 5.75 Å². The van der Waals surface area contributed by atoms with E-state index in [1.165, 1.54) is 24.3 Å². The van der Waals surface area contributed by atoms with E-state index in [1.54, 1.807) is 0 Å². The molecular weight excluding hydrogens is 309 g/mol. The van der Waals surface area contributed by atoms with Crippen LogP contribution in [0.2, 0.25) is 0 Å². The van der Waals surface area contributed by atoms with Crippen molar-refractivity contribution in [1.82, 2.24) is 5.32 Å². The van der Waals surface area contributed by atoms with Gasteiger partial charge in [-0.2, -0.15) is 0 Å². The maximum atomic E-state index is 12.1. The van der Waals surface area contributed by atoms with Crippen LogP contribution in [0.4, 0.5) is 13.2 Å². The molecule has 0 aromatic heterocycles. The van der Waals surface area contributed by atoms with E-state index in [4.69, 9.17) is 5.73 Å². The number of aryl methyl sites for hydroxylation is 1.